The van der Waals surface area contributed by atoms with Crippen molar-refractivity contribution in [2.45, 2.75) is 12.7 Å². The lowest BCUT2D eigenvalue weighted by molar-refractivity contribution is -0.138. The number of rotatable bonds is 3. The maximum atomic E-state index is 13.1. The Morgan fingerprint density at radius 2 is 1.91 bits per heavy atom. The van der Waals surface area contributed by atoms with Crippen molar-refractivity contribution in [1.82, 2.24) is 4.57 Å². The normalized spacial score (nSPS) is 11.0. The molecule has 0 bridgehead atoms. The average Bonchev–Trinajstić information content (AvgIpc) is 2.51. The first-order valence-corrected chi connectivity index (χ1v) is 6.44. The van der Waals surface area contributed by atoms with Gasteiger partial charge in [0.25, 0.3) is 5.56 Å². The first-order valence-electron chi connectivity index (χ1n) is 6.44. The Hall–Kier alpha value is -3.01. The summed E-state index contributed by atoms with van der Waals surface area (Å²) >= 11 is 0. The van der Waals surface area contributed by atoms with Gasteiger partial charge in [0.15, 0.2) is 0 Å². The standard InChI is InChI=1S/C16H11F3N2O2/c1-2-11-13(16(17,18)19)12(8-20)15(23)21(14(11)22)9-10-6-4-3-5-7-10/h2-7,22H,1,9H2. The summed E-state index contributed by atoms with van der Waals surface area (Å²) in [6.07, 6.45) is -4.18. The highest BCUT2D eigenvalue weighted by molar-refractivity contribution is 5.62. The highest BCUT2D eigenvalue weighted by atomic mass is 19.4. The van der Waals surface area contributed by atoms with E-state index in [1.54, 1.807) is 30.3 Å². The molecule has 0 unspecified atom stereocenters. The molecule has 0 radical (unpaired) electrons. The molecule has 0 atom stereocenters. The minimum absolute atomic E-state index is 0.167. The predicted octanol–water partition coefficient (Wildman–Crippen LogP) is 3.14. The van der Waals surface area contributed by atoms with E-state index in [1.807, 2.05) is 0 Å². The van der Waals surface area contributed by atoms with Gasteiger partial charge in [-0.2, -0.15) is 18.4 Å². The Labute approximate surface area is 129 Å². The Morgan fingerprint density at radius 1 is 1.30 bits per heavy atom. The predicted molar refractivity (Wildman–Crippen MR) is 77.7 cm³/mol. The van der Waals surface area contributed by atoms with Gasteiger partial charge in [-0.25, -0.2) is 0 Å². The molecule has 1 aromatic heterocycles. The molecule has 4 nitrogen and oxygen atoms in total. The fourth-order valence-corrected chi connectivity index (χ4v) is 2.23. The van der Waals surface area contributed by atoms with Crippen LogP contribution in [-0.2, 0) is 12.7 Å². The third-order valence-corrected chi connectivity index (χ3v) is 3.26. The fourth-order valence-electron chi connectivity index (χ4n) is 2.23. The quantitative estimate of drug-likeness (QED) is 0.945. The van der Waals surface area contributed by atoms with E-state index in [0.717, 1.165) is 10.6 Å². The van der Waals surface area contributed by atoms with Crippen molar-refractivity contribution in [3.63, 3.8) is 0 Å². The lowest BCUT2D eigenvalue weighted by Gasteiger charge is -2.17. The number of hydrogen-bond acceptors (Lipinski definition) is 3. The van der Waals surface area contributed by atoms with Crippen molar-refractivity contribution in [3.05, 3.63) is 69.5 Å². The molecule has 1 heterocycles. The first kappa shape index (κ1) is 16.4. The van der Waals surface area contributed by atoms with Crippen LogP contribution in [0.3, 0.4) is 0 Å². The molecule has 0 aliphatic heterocycles. The van der Waals surface area contributed by atoms with E-state index in [1.165, 1.54) is 6.07 Å². The van der Waals surface area contributed by atoms with E-state index in [-0.39, 0.29) is 6.54 Å². The van der Waals surface area contributed by atoms with Gasteiger partial charge in [-0.3, -0.25) is 9.36 Å². The molecule has 0 aliphatic rings. The van der Waals surface area contributed by atoms with Crippen molar-refractivity contribution < 1.29 is 18.3 Å². The van der Waals surface area contributed by atoms with Crippen LogP contribution < -0.4 is 5.56 Å². The van der Waals surface area contributed by atoms with Gasteiger partial charge in [0.05, 0.1) is 12.1 Å². The molecule has 0 saturated carbocycles. The smallest absolute Gasteiger partial charge is 0.418 e. The zero-order valence-corrected chi connectivity index (χ0v) is 11.8. The van der Waals surface area contributed by atoms with Gasteiger partial charge in [0.1, 0.15) is 11.6 Å². The molecule has 0 spiro atoms. The van der Waals surface area contributed by atoms with E-state index >= 15 is 0 Å². The summed E-state index contributed by atoms with van der Waals surface area (Å²) < 4.78 is 40.2. The molecule has 1 N–H and O–H groups in total. The van der Waals surface area contributed by atoms with Crippen LogP contribution in [0, 0.1) is 11.3 Å². The number of aromatic nitrogens is 1. The number of nitrogens with zero attached hydrogens (tertiary/aromatic N) is 2. The third kappa shape index (κ3) is 2.97. The zero-order chi connectivity index (χ0) is 17.2. The van der Waals surface area contributed by atoms with Crippen molar-refractivity contribution in [2.24, 2.45) is 0 Å². The van der Waals surface area contributed by atoms with Gasteiger partial charge >= 0.3 is 6.18 Å². The van der Waals surface area contributed by atoms with Gasteiger partial charge in [0, 0.05) is 5.56 Å². The maximum Gasteiger partial charge on any atom is 0.418 e. The minimum Gasteiger partial charge on any atom is -0.494 e. The van der Waals surface area contributed by atoms with Crippen molar-refractivity contribution in [1.29, 1.82) is 5.26 Å². The molecular formula is C16H11F3N2O2. The monoisotopic (exact) mass is 320 g/mol. The van der Waals surface area contributed by atoms with Gasteiger partial charge < -0.3 is 5.11 Å². The molecule has 2 rings (SSSR count). The molecule has 118 valence electrons. The molecular weight excluding hydrogens is 309 g/mol. The van der Waals surface area contributed by atoms with Gasteiger partial charge in [-0.15, -0.1) is 0 Å². The Balaban J connectivity index is 2.79. The van der Waals surface area contributed by atoms with Crippen molar-refractivity contribution in [3.8, 4) is 11.9 Å². The molecule has 1 aromatic carbocycles. The number of aromatic hydroxyl groups is 1. The summed E-state index contributed by atoms with van der Waals surface area (Å²) in [6.45, 7) is 3.07. The third-order valence-electron chi connectivity index (χ3n) is 3.26. The number of benzene rings is 1. The van der Waals surface area contributed by atoms with Crippen LogP contribution in [0.25, 0.3) is 6.08 Å². The summed E-state index contributed by atoms with van der Waals surface area (Å²) in [7, 11) is 0. The van der Waals surface area contributed by atoms with E-state index in [9.17, 15) is 23.1 Å². The topological polar surface area (TPSA) is 66.0 Å². The second kappa shape index (κ2) is 6.01. The maximum absolute atomic E-state index is 13.1. The van der Waals surface area contributed by atoms with Crippen LogP contribution in [-0.4, -0.2) is 9.67 Å². The Kier molecular flexibility index (Phi) is 4.27. The molecule has 0 fully saturated rings. The summed E-state index contributed by atoms with van der Waals surface area (Å²) in [6, 6.07) is 9.66. The van der Waals surface area contributed by atoms with Gasteiger partial charge in [-0.05, 0) is 5.56 Å². The molecule has 2 aromatic rings. The van der Waals surface area contributed by atoms with Gasteiger partial charge in [0.2, 0.25) is 5.88 Å². The molecule has 0 amide bonds. The fraction of sp³-hybridized carbons (Fsp3) is 0.125. The summed E-state index contributed by atoms with van der Waals surface area (Å²) in [5, 5.41) is 19.1. The molecule has 0 saturated heterocycles. The molecule has 0 aliphatic carbocycles. The van der Waals surface area contributed by atoms with E-state index in [2.05, 4.69) is 6.58 Å². The highest BCUT2D eigenvalue weighted by Gasteiger charge is 2.39. The second-order valence-corrected chi connectivity index (χ2v) is 4.68. The number of nitriles is 1. The molecule has 7 heteroatoms. The van der Waals surface area contributed by atoms with Gasteiger partial charge in [-0.1, -0.05) is 43.0 Å². The zero-order valence-electron chi connectivity index (χ0n) is 11.8. The SMILES string of the molecule is C=Cc1c(C(F)(F)F)c(C#N)c(=O)n(Cc2ccccc2)c1O. The van der Waals surface area contributed by atoms with Crippen LogP contribution in [0.2, 0.25) is 0 Å². The number of pyridine rings is 1. The van der Waals surface area contributed by atoms with E-state index in [4.69, 9.17) is 5.26 Å². The first-order chi connectivity index (χ1) is 10.8. The Bertz CT molecular complexity index is 847. The van der Waals surface area contributed by atoms with Crippen LogP contribution in [0.15, 0.2) is 41.7 Å². The lowest BCUT2D eigenvalue weighted by atomic mass is 10.0. The van der Waals surface area contributed by atoms with Crippen LogP contribution >= 0.6 is 0 Å². The number of alkyl halides is 3. The van der Waals surface area contributed by atoms with E-state index in [0.29, 0.717) is 5.56 Å². The lowest BCUT2D eigenvalue weighted by Crippen LogP contribution is -2.28. The van der Waals surface area contributed by atoms with Crippen molar-refractivity contribution in [2.75, 3.05) is 0 Å². The van der Waals surface area contributed by atoms with Crippen LogP contribution in [0.5, 0.6) is 5.88 Å². The largest absolute Gasteiger partial charge is 0.494 e. The average molecular weight is 320 g/mol. The number of halogens is 3. The van der Waals surface area contributed by atoms with Crippen LogP contribution in [0.1, 0.15) is 22.3 Å². The van der Waals surface area contributed by atoms with Crippen molar-refractivity contribution >= 4 is 6.08 Å². The minimum atomic E-state index is -4.96. The second-order valence-electron chi connectivity index (χ2n) is 4.68. The summed E-state index contributed by atoms with van der Waals surface area (Å²) in [5.41, 5.74) is -3.84. The summed E-state index contributed by atoms with van der Waals surface area (Å²) in [5.74, 6) is -0.875. The van der Waals surface area contributed by atoms with E-state index < -0.39 is 34.3 Å². The summed E-state index contributed by atoms with van der Waals surface area (Å²) in [4.78, 5) is 12.2. The Morgan fingerprint density at radius 3 is 2.39 bits per heavy atom. The van der Waals surface area contributed by atoms with Crippen LogP contribution in [0.4, 0.5) is 13.2 Å². The molecule has 23 heavy (non-hydrogen) atoms. The number of hydrogen-bond donors (Lipinski definition) is 1. The highest BCUT2D eigenvalue weighted by Crippen LogP contribution is 2.37.